The molecule has 13 heteroatoms. The Morgan fingerprint density at radius 1 is 1.00 bits per heavy atom. The van der Waals surface area contributed by atoms with E-state index in [1.54, 1.807) is 11.8 Å². The highest BCUT2D eigenvalue weighted by Gasteiger charge is 2.42. The highest BCUT2D eigenvalue weighted by atomic mass is 19.1. The van der Waals surface area contributed by atoms with Crippen LogP contribution in [0.4, 0.5) is 8.78 Å². The van der Waals surface area contributed by atoms with E-state index in [1.165, 1.54) is 17.4 Å². The van der Waals surface area contributed by atoms with Gasteiger partial charge in [-0.25, -0.2) is 14.3 Å². The standard InChI is InChI=1S/C31H47F2N5O6/c1-6-10-20(11-7-2)30(42)38-15-9-12-25(38)31(43)37(5)26(19(4)8-3)29(41)35-24(28(40)36-44)13-14-34-27(39)21-16-22(32)18-23(33)17-21/h16-20,24-26,44H,6-15H2,1-5H3,(H,34,39)(H,35,41)(H,36,40)/t19?,24-,25-,26-/m0/s1. The van der Waals surface area contributed by atoms with Crippen molar-refractivity contribution in [3.63, 3.8) is 0 Å². The SMILES string of the molecule is CCCC(CCC)C(=O)N1CCC[C@H]1C(=O)N(C)[C@H](C(=O)N[C@@H](CCNC(=O)c1cc(F)cc(F)c1)C(=O)NO)C(C)CC. The highest BCUT2D eigenvalue weighted by Crippen LogP contribution is 2.27. The Labute approximate surface area is 258 Å². The zero-order valence-corrected chi connectivity index (χ0v) is 26.3. The van der Waals surface area contributed by atoms with Crippen LogP contribution in [-0.2, 0) is 19.2 Å². The monoisotopic (exact) mass is 623 g/mol. The van der Waals surface area contributed by atoms with Crippen LogP contribution in [0.5, 0.6) is 0 Å². The van der Waals surface area contributed by atoms with E-state index < -0.39 is 47.5 Å². The summed E-state index contributed by atoms with van der Waals surface area (Å²) in [5, 5.41) is 14.3. The van der Waals surface area contributed by atoms with E-state index in [9.17, 15) is 38.0 Å². The van der Waals surface area contributed by atoms with Gasteiger partial charge in [-0.3, -0.25) is 29.2 Å². The molecule has 1 saturated heterocycles. The third kappa shape index (κ3) is 9.70. The number of hydrogen-bond donors (Lipinski definition) is 4. The molecular weight excluding hydrogens is 576 g/mol. The third-order valence-electron chi connectivity index (χ3n) is 8.25. The summed E-state index contributed by atoms with van der Waals surface area (Å²) in [6.07, 6.45) is 4.71. The maximum Gasteiger partial charge on any atom is 0.265 e. The number of carbonyl (C=O) groups is 5. The van der Waals surface area contributed by atoms with Gasteiger partial charge in [0.1, 0.15) is 29.8 Å². The van der Waals surface area contributed by atoms with E-state index in [4.69, 9.17) is 0 Å². The number of nitrogens with one attached hydrogen (secondary N) is 3. The van der Waals surface area contributed by atoms with Crippen molar-refractivity contribution in [2.45, 2.75) is 97.2 Å². The van der Waals surface area contributed by atoms with Crippen LogP contribution in [-0.4, -0.2) is 82.8 Å². The Kier molecular flexibility index (Phi) is 14.7. The van der Waals surface area contributed by atoms with Crippen LogP contribution in [0.15, 0.2) is 18.2 Å². The normalized spacial score (nSPS) is 16.7. The number of hydroxylamine groups is 1. The predicted molar refractivity (Wildman–Crippen MR) is 159 cm³/mol. The van der Waals surface area contributed by atoms with Crippen molar-refractivity contribution in [1.82, 2.24) is 25.9 Å². The number of carbonyl (C=O) groups excluding carboxylic acids is 5. The zero-order chi connectivity index (χ0) is 33.0. The maximum atomic E-state index is 13.8. The fourth-order valence-electron chi connectivity index (χ4n) is 5.74. The molecule has 1 aliphatic rings. The van der Waals surface area contributed by atoms with Gasteiger partial charge in [-0.2, -0.15) is 0 Å². The number of rotatable bonds is 16. The molecule has 1 aromatic rings. The van der Waals surface area contributed by atoms with Gasteiger partial charge in [0.2, 0.25) is 17.7 Å². The maximum absolute atomic E-state index is 13.8. The van der Waals surface area contributed by atoms with Gasteiger partial charge < -0.3 is 20.4 Å². The van der Waals surface area contributed by atoms with Crippen molar-refractivity contribution in [3.05, 3.63) is 35.4 Å². The Balaban J connectivity index is 2.17. The molecule has 0 saturated carbocycles. The van der Waals surface area contributed by atoms with Gasteiger partial charge >= 0.3 is 0 Å². The molecule has 4 N–H and O–H groups in total. The summed E-state index contributed by atoms with van der Waals surface area (Å²) in [6.45, 7) is 7.99. The van der Waals surface area contributed by atoms with E-state index in [1.807, 2.05) is 20.8 Å². The molecule has 0 bridgehead atoms. The number of benzene rings is 1. The molecule has 246 valence electrons. The summed E-state index contributed by atoms with van der Waals surface area (Å²) in [4.78, 5) is 68.6. The van der Waals surface area contributed by atoms with Crippen molar-refractivity contribution in [3.8, 4) is 0 Å². The van der Waals surface area contributed by atoms with Crippen LogP contribution < -0.4 is 16.1 Å². The fraction of sp³-hybridized carbons (Fsp3) is 0.645. The lowest BCUT2D eigenvalue weighted by Gasteiger charge is -2.36. The van der Waals surface area contributed by atoms with E-state index in [0.717, 1.165) is 37.8 Å². The first-order chi connectivity index (χ1) is 20.9. The summed E-state index contributed by atoms with van der Waals surface area (Å²) in [5.41, 5.74) is 1.23. The zero-order valence-electron chi connectivity index (χ0n) is 26.3. The predicted octanol–water partition coefficient (Wildman–Crippen LogP) is 3.16. The van der Waals surface area contributed by atoms with E-state index in [0.29, 0.717) is 31.9 Å². The number of likely N-dealkylation sites (tertiary alicyclic amines) is 1. The van der Waals surface area contributed by atoms with Crippen molar-refractivity contribution in [2.75, 3.05) is 20.1 Å². The van der Waals surface area contributed by atoms with Gasteiger partial charge in [0.25, 0.3) is 11.8 Å². The van der Waals surface area contributed by atoms with Gasteiger partial charge in [-0.05, 0) is 50.2 Å². The summed E-state index contributed by atoms with van der Waals surface area (Å²) in [5.74, 6) is -5.14. The lowest BCUT2D eigenvalue weighted by molar-refractivity contribution is -0.150. The van der Waals surface area contributed by atoms with Gasteiger partial charge in [0, 0.05) is 37.7 Å². The minimum atomic E-state index is -1.31. The first-order valence-electron chi connectivity index (χ1n) is 15.5. The van der Waals surface area contributed by atoms with E-state index >= 15 is 0 Å². The molecule has 1 unspecified atom stereocenters. The van der Waals surface area contributed by atoms with Crippen molar-refractivity contribution < 1.29 is 38.0 Å². The third-order valence-corrected chi connectivity index (χ3v) is 8.25. The van der Waals surface area contributed by atoms with Crippen molar-refractivity contribution >= 4 is 29.5 Å². The highest BCUT2D eigenvalue weighted by molar-refractivity contribution is 5.95. The van der Waals surface area contributed by atoms with Gasteiger partial charge in [0.15, 0.2) is 0 Å². The number of likely N-dealkylation sites (N-methyl/N-ethyl adjacent to an activating group) is 1. The second-order valence-corrected chi connectivity index (χ2v) is 11.5. The van der Waals surface area contributed by atoms with Crippen LogP contribution in [0.1, 0.15) is 89.4 Å². The van der Waals surface area contributed by atoms with Crippen molar-refractivity contribution in [2.24, 2.45) is 11.8 Å². The number of nitrogens with zero attached hydrogens (tertiary/aromatic N) is 2. The average Bonchev–Trinajstić information content (AvgIpc) is 3.48. The van der Waals surface area contributed by atoms with Crippen molar-refractivity contribution in [1.29, 1.82) is 0 Å². The van der Waals surface area contributed by atoms with Gasteiger partial charge in [-0.1, -0.05) is 47.0 Å². The Hall–Kier alpha value is -3.61. The molecule has 1 aliphatic heterocycles. The topological polar surface area (TPSA) is 148 Å². The van der Waals surface area contributed by atoms with Crippen LogP contribution in [0.25, 0.3) is 0 Å². The molecule has 0 spiro atoms. The first kappa shape index (κ1) is 36.6. The molecule has 1 fully saturated rings. The molecule has 0 aromatic heterocycles. The number of halogens is 2. The molecule has 44 heavy (non-hydrogen) atoms. The van der Waals surface area contributed by atoms with E-state index in [2.05, 4.69) is 10.6 Å². The number of hydrogen-bond acceptors (Lipinski definition) is 6. The first-order valence-corrected chi connectivity index (χ1v) is 15.5. The Morgan fingerprint density at radius 3 is 2.16 bits per heavy atom. The Bertz CT molecular complexity index is 1140. The lowest BCUT2D eigenvalue weighted by Crippen LogP contribution is -2.59. The molecule has 11 nitrogen and oxygen atoms in total. The minimum Gasteiger partial charge on any atom is -0.352 e. The van der Waals surface area contributed by atoms with Crippen LogP contribution in [0.2, 0.25) is 0 Å². The smallest absolute Gasteiger partial charge is 0.265 e. The van der Waals surface area contributed by atoms with Crippen LogP contribution in [0, 0.1) is 23.5 Å². The summed E-state index contributed by atoms with van der Waals surface area (Å²) in [7, 11) is 1.51. The molecule has 0 radical (unpaired) electrons. The molecule has 4 atom stereocenters. The van der Waals surface area contributed by atoms with Crippen LogP contribution in [0.3, 0.4) is 0 Å². The van der Waals surface area contributed by atoms with E-state index in [-0.39, 0.29) is 42.2 Å². The molecule has 2 rings (SSSR count). The molecule has 0 aliphatic carbocycles. The minimum absolute atomic E-state index is 0.0369. The lowest BCUT2D eigenvalue weighted by atomic mass is 9.94. The molecule has 5 amide bonds. The largest absolute Gasteiger partial charge is 0.352 e. The molecular formula is C31H47F2N5O6. The second-order valence-electron chi connectivity index (χ2n) is 11.5. The fourth-order valence-corrected chi connectivity index (χ4v) is 5.74. The summed E-state index contributed by atoms with van der Waals surface area (Å²) >= 11 is 0. The second kappa shape index (κ2) is 17.6. The quantitative estimate of drug-likeness (QED) is 0.164. The molecule has 1 heterocycles. The molecule has 1 aromatic carbocycles. The summed E-state index contributed by atoms with van der Waals surface area (Å²) < 4.78 is 27.0. The number of amides is 5. The van der Waals surface area contributed by atoms with Crippen LogP contribution >= 0.6 is 0 Å². The van der Waals surface area contributed by atoms with Gasteiger partial charge in [-0.15, -0.1) is 0 Å². The average molecular weight is 624 g/mol. The van der Waals surface area contributed by atoms with Gasteiger partial charge in [0.05, 0.1) is 0 Å². The Morgan fingerprint density at radius 2 is 1.61 bits per heavy atom. The summed E-state index contributed by atoms with van der Waals surface area (Å²) in [6, 6.07) is -0.654.